The Morgan fingerprint density at radius 1 is 1.47 bits per heavy atom. The van der Waals surface area contributed by atoms with Gasteiger partial charge >= 0.3 is 0 Å². The molecule has 1 amide bonds. The second-order valence-corrected chi connectivity index (χ2v) is 5.18. The lowest BCUT2D eigenvalue weighted by atomic mass is 10.1. The first-order valence-corrected chi connectivity index (χ1v) is 7.06. The minimum absolute atomic E-state index is 0.106. The van der Waals surface area contributed by atoms with Crippen molar-refractivity contribution in [1.82, 2.24) is 0 Å². The van der Waals surface area contributed by atoms with Gasteiger partial charge in [-0.05, 0) is 43.9 Å². The number of anilines is 1. The van der Waals surface area contributed by atoms with E-state index >= 15 is 0 Å². The zero-order valence-corrected chi connectivity index (χ0v) is 11.4. The van der Waals surface area contributed by atoms with E-state index in [0.29, 0.717) is 6.42 Å². The molecule has 94 valence electrons. The molecule has 0 radical (unpaired) electrons. The molecule has 3 N–H and O–H groups in total. The van der Waals surface area contributed by atoms with Crippen molar-refractivity contribution in [1.29, 1.82) is 0 Å². The number of aryl methyl sites for hydroxylation is 2. The third-order valence-corrected chi connectivity index (χ3v) is 3.25. The Hall–Kier alpha value is -1.00. The van der Waals surface area contributed by atoms with Crippen LogP contribution in [0.4, 0.5) is 5.69 Å². The Labute approximate surface area is 107 Å². The van der Waals surface area contributed by atoms with Gasteiger partial charge in [0.1, 0.15) is 0 Å². The Kier molecular flexibility index (Phi) is 5.51. The Morgan fingerprint density at radius 3 is 2.76 bits per heavy atom. The summed E-state index contributed by atoms with van der Waals surface area (Å²) < 4.78 is 0. The van der Waals surface area contributed by atoms with E-state index in [1.807, 2.05) is 38.3 Å². The number of rotatable bonds is 5. The molecule has 17 heavy (non-hydrogen) atoms. The monoisotopic (exact) mass is 252 g/mol. The molecule has 1 aromatic rings. The van der Waals surface area contributed by atoms with Crippen LogP contribution < -0.4 is 11.1 Å². The molecule has 0 fully saturated rings. The van der Waals surface area contributed by atoms with Gasteiger partial charge in [-0.1, -0.05) is 17.7 Å². The van der Waals surface area contributed by atoms with E-state index < -0.39 is 6.04 Å². The lowest BCUT2D eigenvalue weighted by Gasteiger charge is -2.13. The Bertz CT molecular complexity index is 393. The molecule has 0 aliphatic heterocycles. The van der Waals surface area contributed by atoms with Gasteiger partial charge in [0.15, 0.2) is 0 Å². The summed E-state index contributed by atoms with van der Waals surface area (Å²) in [7, 11) is 0. The maximum atomic E-state index is 11.8. The zero-order chi connectivity index (χ0) is 12.8. The topological polar surface area (TPSA) is 55.1 Å². The fraction of sp³-hybridized carbons (Fsp3) is 0.462. The summed E-state index contributed by atoms with van der Waals surface area (Å²) in [5, 5.41) is 2.87. The van der Waals surface area contributed by atoms with Crippen LogP contribution in [0.3, 0.4) is 0 Å². The number of thioether (sulfide) groups is 1. The number of nitrogens with one attached hydrogen (secondary N) is 1. The van der Waals surface area contributed by atoms with Crippen LogP contribution in [0.2, 0.25) is 0 Å². The lowest BCUT2D eigenvalue weighted by Crippen LogP contribution is -2.36. The number of nitrogens with two attached hydrogens (primary N) is 1. The van der Waals surface area contributed by atoms with Gasteiger partial charge in [-0.25, -0.2) is 0 Å². The van der Waals surface area contributed by atoms with Gasteiger partial charge in [0, 0.05) is 5.69 Å². The number of carbonyl (C=O) groups is 1. The van der Waals surface area contributed by atoms with Crippen LogP contribution in [0.15, 0.2) is 18.2 Å². The van der Waals surface area contributed by atoms with Crippen molar-refractivity contribution in [2.45, 2.75) is 26.3 Å². The first kappa shape index (κ1) is 14.1. The van der Waals surface area contributed by atoms with Crippen LogP contribution in [-0.4, -0.2) is 24.0 Å². The molecule has 0 spiro atoms. The summed E-state index contributed by atoms with van der Waals surface area (Å²) in [5.41, 5.74) is 8.91. The van der Waals surface area contributed by atoms with Crippen LogP contribution in [0.1, 0.15) is 17.5 Å². The maximum absolute atomic E-state index is 11.8. The highest BCUT2D eigenvalue weighted by Crippen LogP contribution is 2.16. The number of carbonyl (C=O) groups excluding carboxylic acids is 1. The number of amides is 1. The summed E-state index contributed by atoms with van der Waals surface area (Å²) in [4.78, 5) is 11.8. The molecule has 0 aliphatic rings. The van der Waals surface area contributed by atoms with Crippen molar-refractivity contribution in [3.63, 3.8) is 0 Å². The third-order valence-electron chi connectivity index (χ3n) is 2.61. The standard InChI is InChI=1S/C13H20N2OS/c1-9-4-5-12(10(2)8-9)15-13(16)11(14)6-7-17-3/h4-5,8,11H,6-7,14H2,1-3H3,(H,15,16)/t11-/m1/s1. The molecular weight excluding hydrogens is 232 g/mol. The average Bonchev–Trinajstić information content (AvgIpc) is 2.29. The van der Waals surface area contributed by atoms with Gasteiger partial charge in [0.25, 0.3) is 0 Å². The number of hydrogen-bond donors (Lipinski definition) is 2. The van der Waals surface area contributed by atoms with Crippen LogP contribution >= 0.6 is 11.8 Å². The SMILES string of the molecule is CSCC[C@@H](N)C(=O)Nc1ccc(C)cc1C. The molecule has 1 atom stereocenters. The predicted octanol–water partition coefficient (Wildman–Crippen LogP) is 2.32. The third kappa shape index (κ3) is 4.40. The van der Waals surface area contributed by atoms with E-state index in [9.17, 15) is 4.79 Å². The second-order valence-electron chi connectivity index (χ2n) is 4.20. The molecule has 0 saturated carbocycles. The minimum atomic E-state index is -0.428. The van der Waals surface area contributed by atoms with Crippen molar-refractivity contribution >= 4 is 23.4 Å². The van der Waals surface area contributed by atoms with E-state index in [4.69, 9.17) is 5.73 Å². The highest BCUT2D eigenvalue weighted by atomic mass is 32.2. The summed E-state index contributed by atoms with van der Waals surface area (Å²) in [6, 6.07) is 5.52. The van der Waals surface area contributed by atoms with Crippen LogP contribution in [0.25, 0.3) is 0 Å². The predicted molar refractivity (Wildman–Crippen MR) is 75.5 cm³/mol. The largest absolute Gasteiger partial charge is 0.324 e. The van der Waals surface area contributed by atoms with Crippen LogP contribution in [-0.2, 0) is 4.79 Å². The highest BCUT2D eigenvalue weighted by Gasteiger charge is 2.13. The molecule has 0 saturated heterocycles. The summed E-state index contributed by atoms with van der Waals surface area (Å²) in [6.07, 6.45) is 2.71. The molecule has 3 nitrogen and oxygen atoms in total. The molecule has 4 heteroatoms. The van der Waals surface area contributed by atoms with Crippen molar-refractivity contribution < 1.29 is 4.79 Å². The smallest absolute Gasteiger partial charge is 0.241 e. The van der Waals surface area contributed by atoms with E-state index in [-0.39, 0.29) is 5.91 Å². The molecule has 0 aromatic heterocycles. The molecule has 0 aliphatic carbocycles. The molecule has 0 bridgehead atoms. The highest BCUT2D eigenvalue weighted by molar-refractivity contribution is 7.98. The molecule has 0 heterocycles. The fourth-order valence-corrected chi connectivity index (χ4v) is 2.04. The van der Waals surface area contributed by atoms with Crippen LogP contribution in [0.5, 0.6) is 0 Å². The molecule has 0 unspecified atom stereocenters. The molecule has 1 aromatic carbocycles. The van der Waals surface area contributed by atoms with Crippen molar-refractivity contribution in [3.05, 3.63) is 29.3 Å². The first-order chi connectivity index (χ1) is 8.04. The average molecular weight is 252 g/mol. The van der Waals surface area contributed by atoms with E-state index in [2.05, 4.69) is 5.32 Å². The summed E-state index contributed by atoms with van der Waals surface area (Å²) in [5.74, 6) is 0.799. The molecular formula is C13H20N2OS. The van der Waals surface area contributed by atoms with Gasteiger partial charge < -0.3 is 11.1 Å². The van der Waals surface area contributed by atoms with E-state index in [0.717, 1.165) is 17.0 Å². The van der Waals surface area contributed by atoms with Crippen molar-refractivity contribution in [2.75, 3.05) is 17.3 Å². The minimum Gasteiger partial charge on any atom is -0.324 e. The van der Waals surface area contributed by atoms with Gasteiger partial charge in [0.2, 0.25) is 5.91 Å². The normalized spacial score (nSPS) is 12.2. The number of benzene rings is 1. The molecule has 1 rings (SSSR count). The van der Waals surface area contributed by atoms with Gasteiger partial charge in [-0.3, -0.25) is 4.79 Å². The number of hydrogen-bond acceptors (Lipinski definition) is 3. The van der Waals surface area contributed by atoms with Crippen LogP contribution in [0, 0.1) is 13.8 Å². The fourth-order valence-electron chi connectivity index (χ4n) is 1.56. The van der Waals surface area contributed by atoms with Gasteiger partial charge in [-0.2, -0.15) is 11.8 Å². The quantitative estimate of drug-likeness (QED) is 0.845. The van der Waals surface area contributed by atoms with Gasteiger partial charge in [0.05, 0.1) is 6.04 Å². The summed E-state index contributed by atoms with van der Waals surface area (Å²) in [6.45, 7) is 4.01. The van der Waals surface area contributed by atoms with E-state index in [1.54, 1.807) is 11.8 Å². The Morgan fingerprint density at radius 2 is 2.18 bits per heavy atom. The van der Waals surface area contributed by atoms with Crippen molar-refractivity contribution in [2.24, 2.45) is 5.73 Å². The lowest BCUT2D eigenvalue weighted by molar-refractivity contribution is -0.117. The maximum Gasteiger partial charge on any atom is 0.241 e. The first-order valence-electron chi connectivity index (χ1n) is 5.67. The summed E-state index contributed by atoms with van der Waals surface area (Å²) >= 11 is 1.70. The second kappa shape index (κ2) is 6.67. The van der Waals surface area contributed by atoms with E-state index in [1.165, 1.54) is 5.56 Å². The van der Waals surface area contributed by atoms with Crippen molar-refractivity contribution in [3.8, 4) is 0 Å². The Balaban J connectivity index is 2.61. The zero-order valence-electron chi connectivity index (χ0n) is 10.6. The van der Waals surface area contributed by atoms with Gasteiger partial charge in [-0.15, -0.1) is 0 Å².